The second-order valence-electron chi connectivity index (χ2n) is 5.14. The first-order chi connectivity index (χ1) is 10.8. The zero-order valence-corrected chi connectivity index (χ0v) is 12.6. The average molecular weight is 293 g/mol. The molecule has 5 heteroatoms. The second-order valence-corrected chi connectivity index (χ2v) is 5.14. The first-order valence-corrected chi connectivity index (χ1v) is 7.47. The van der Waals surface area contributed by atoms with E-state index in [4.69, 9.17) is 5.73 Å². The van der Waals surface area contributed by atoms with Gasteiger partial charge in [0.1, 0.15) is 0 Å². The SMILES string of the molecule is CCCN=C1C=CC(Nc2nc3ccccc3nc2N)=CC1. The van der Waals surface area contributed by atoms with Gasteiger partial charge in [0.2, 0.25) is 0 Å². The van der Waals surface area contributed by atoms with Gasteiger partial charge in [-0.15, -0.1) is 0 Å². The van der Waals surface area contributed by atoms with E-state index in [0.717, 1.165) is 41.8 Å². The summed E-state index contributed by atoms with van der Waals surface area (Å²) in [5.74, 6) is 0.988. The highest BCUT2D eigenvalue weighted by molar-refractivity contribution is 5.97. The summed E-state index contributed by atoms with van der Waals surface area (Å²) in [5, 5.41) is 3.24. The van der Waals surface area contributed by atoms with E-state index in [2.05, 4.69) is 33.3 Å². The molecule has 1 aliphatic carbocycles. The van der Waals surface area contributed by atoms with Crippen LogP contribution in [-0.4, -0.2) is 22.2 Å². The summed E-state index contributed by atoms with van der Waals surface area (Å²) < 4.78 is 0. The normalized spacial score (nSPS) is 16.0. The van der Waals surface area contributed by atoms with Crippen LogP contribution in [0.2, 0.25) is 0 Å². The lowest BCUT2D eigenvalue weighted by molar-refractivity contribution is 0.929. The highest BCUT2D eigenvalue weighted by Crippen LogP contribution is 2.21. The van der Waals surface area contributed by atoms with Crippen molar-refractivity contribution in [2.75, 3.05) is 17.6 Å². The molecule has 0 atom stereocenters. The Bertz CT molecular complexity index is 774. The van der Waals surface area contributed by atoms with Gasteiger partial charge in [0.25, 0.3) is 0 Å². The van der Waals surface area contributed by atoms with Gasteiger partial charge in [0.15, 0.2) is 11.6 Å². The largest absolute Gasteiger partial charge is 0.381 e. The maximum Gasteiger partial charge on any atom is 0.174 e. The highest BCUT2D eigenvalue weighted by Gasteiger charge is 2.08. The van der Waals surface area contributed by atoms with Crippen LogP contribution in [0.5, 0.6) is 0 Å². The zero-order chi connectivity index (χ0) is 15.4. The molecule has 3 rings (SSSR count). The molecule has 1 aromatic carbocycles. The number of aliphatic imine (C=N–C) groups is 1. The minimum atomic E-state index is 0.401. The van der Waals surface area contributed by atoms with Gasteiger partial charge in [-0.2, -0.15) is 0 Å². The van der Waals surface area contributed by atoms with Crippen molar-refractivity contribution in [3.05, 3.63) is 48.2 Å². The Kier molecular flexibility index (Phi) is 4.14. The molecule has 0 saturated carbocycles. The third kappa shape index (κ3) is 3.14. The van der Waals surface area contributed by atoms with Gasteiger partial charge < -0.3 is 11.1 Å². The van der Waals surface area contributed by atoms with Crippen molar-refractivity contribution in [2.45, 2.75) is 19.8 Å². The van der Waals surface area contributed by atoms with E-state index in [0.29, 0.717) is 11.6 Å². The van der Waals surface area contributed by atoms with Crippen LogP contribution in [0.25, 0.3) is 11.0 Å². The highest BCUT2D eigenvalue weighted by atomic mass is 15.1. The molecular weight excluding hydrogens is 274 g/mol. The molecule has 0 unspecified atom stereocenters. The number of rotatable bonds is 4. The van der Waals surface area contributed by atoms with Gasteiger partial charge in [-0.1, -0.05) is 25.1 Å². The van der Waals surface area contributed by atoms with E-state index >= 15 is 0 Å². The molecule has 3 N–H and O–H groups in total. The molecule has 0 radical (unpaired) electrons. The molecule has 0 amide bonds. The Balaban J connectivity index is 1.78. The van der Waals surface area contributed by atoms with Gasteiger partial charge >= 0.3 is 0 Å². The van der Waals surface area contributed by atoms with Crippen LogP contribution >= 0.6 is 0 Å². The maximum absolute atomic E-state index is 5.99. The quantitative estimate of drug-likeness (QED) is 0.906. The predicted octanol–water partition coefficient (Wildman–Crippen LogP) is 3.32. The molecule has 0 fully saturated rings. The third-order valence-corrected chi connectivity index (χ3v) is 3.39. The molecule has 0 saturated heterocycles. The summed E-state index contributed by atoms with van der Waals surface area (Å²) in [6.45, 7) is 3.00. The minimum Gasteiger partial charge on any atom is -0.381 e. The Morgan fingerprint density at radius 2 is 1.95 bits per heavy atom. The summed E-state index contributed by atoms with van der Waals surface area (Å²) in [6, 6.07) is 7.69. The van der Waals surface area contributed by atoms with Crippen LogP contribution in [-0.2, 0) is 0 Å². The molecule has 1 aromatic heterocycles. The number of anilines is 2. The number of aromatic nitrogens is 2. The lowest BCUT2D eigenvalue weighted by atomic mass is 10.1. The summed E-state index contributed by atoms with van der Waals surface area (Å²) in [5.41, 5.74) is 9.67. The average Bonchev–Trinajstić information content (AvgIpc) is 2.55. The molecular formula is C17H19N5. The summed E-state index contributed by atoms with van der Waals surface area (Å²) in [7, 11) is 0. The first kappa shape index (κ1) is 14.3. The molecule has 0 bridgehead atoms. The van der Waals surface area contributed by atoms with Crippen molar-refractivity contribution in [1.29, 1.82) is 0 Å². The second kappa shape index (κ2) is 6.39. The topological polar surface area (TPSA) is 76.2 Å². The van der Waals surface area contributed by atoms with E-state index in [1.807, 2.05) is 36.4 Å². The number of nitrogens with two attached hydrogens (primary N) is 1. The van der Waals surface area contributed by atoms with Crippen molar-refractivity contribution < 1.29 is 0 Å². The van der Waals surface area contributed by atoms with Crippen molar-refractivity contribution in [2.24, 2.45) is 4.99 Å². The number of benzene rings is 1. The van der Waals surface area contributed by atoms with Crippen LogP contribution in [0, 0.1) is 0 Å². The maximum atomic E-state index is 5.99. The molecule has 2 aromatic rings. The van der Waals surface area contributed by atoms with Crippen molar-refractivity contribution in [3.63, 3.8) is 0 Å². The van der Waals surface area contributed by atoms with Gasteiger partial charge in [0, 0.05) is 24.4 Å². The van der Waals surface area contributed by atoms with Crippen LogP contribution < -0.4 is 11.1 Å². The molecule has 0 spiro atoms. The summed E-state index contributed by atoms with van der Waals surface area (Å²) in [4.78, 5) is 13.4. The fraction of sp³-hybridized carbons (Fsp3) is 0.235. The number of hydrogen-bond acceptors (Lipinski definition) is 5. The van der Waals surface area contributed by atoms with E-state index < -0.39 is 0 Å². The fourth-order valence-electron chi connectivity index (χ4n) is 2.24. The molecule has 112 valence electrons. The van der Waals surface area contributed by atoms with Crippen molar-refractivity contribution in [3.8, 4) is 0 Å². The number of nitrogen functional groups attached to an aromatic ring is 1. The molecule has 22 heavy (non-hydrogen) atoms. The van der Waals surface area contributed by atoms with E-state index in [1.165, 1.54) is 0 Å². The molecule has 1 heterocycles. The monoisotopic (exact) mass is 293 g/mol. The standard InChI is InChI=1S/C17H19N5/c1-2-11-19-12-7-9-13(10-8-12)20-17-16(18)21-14-5-3-4-6-15(14)22-17/h3-7,9-10H,2,8,11H2,1H3,(H2,18,21)(H,20,22). The zero-order valence-electron chi connectivity index (χ0n) is 12.6. The first-order valence-electron chi connectivity index (χ1n) is 7.47. The van der Waals surface area contributed by atoms with Gasteiger partial charge in [0.05, 0.1) is 11.0 Å². The van der Waals surface area contributed by atoms with Crippen molar-refractivity contribution >= 4 is 28.4 Å². The van der Waals surface area contributed by atoms with Gasteiger partial charge in [-0.05, 0) is 30.7 Å². The number of fused-ring (bicyclic) bond motifs is 1. The van der Waals surface area contributed by atoms with E-state index in [9.17, 15) is 0 Å². The van der Waals surface area contributed by atoms with Gasteiger partial charge in [-0.3, -0.25) is 4.99 Å². The Labute approximate surface area is 129 Å². The Morgan fingerprint density at radius 1 is 1.18 bits per heavy atom. The minimum absolute atomic E-state index is 0.401. The molecule has 1 aliphatic rings. The molecule has 5 nitrogen and oxygen atoms in total. The van der Waals surface area contributed by atoms with Crippen LogP contribution in [0.1, 0.15) is 19.8 Å². The van der Waals surface area contributed by atoms with Gasteiger partial charge in [-0.25, -0.2) is 9.97 Å². The lowest BCUT2D eigenvalue weighted by Crippen LogP contribution is -2.08. The number of nitrogens with zero attached hydrogens (tertiary/aromatic N) is 3. The Morgan fingerprint density at radius 3 is 2.64 bits per heavy atom. The fourth-order valence-corrected chi connectivity index (χ4v) is 2.24. The van der Waals surface area contributed by atoms with E-state index in [-0.39, 0.29) is 0 Å². The lowest BCUT2D eigenvalue weighted by Gasteiger charge is -2.12. The van der Waals surface area contributed by atoms with Crippen LogP contribution in [0.4, 0.5) is 11.6 Å². The number of hydrogen-bond donors (Lipinski definition) is 2. The smallest absolute Gasteiger partial charge is 0.174 e. The summed E-state index contributed by atoms with van der Waals surface area (Å²) in [6.07, 6.45) is 8.00. The number of para-hydroxylation sites is 2. The number of nitrogens with one attached hydrogen (secondary N) is 1. The van der Waals surface area contributed by atoms with Crippen LogP contribution in [0.15, 0.2) is 53.2 Å². The van der Waals surface area contributed by atoms with E-state index in [1.54, 1.807) is 0 Å². The molecule has 0 aliphatic heterocycles. The predicted molar refractivity (Wildman–Crippen MR) is 92.0 cm³/mol. The van der Waals surface area contributed by atoms with Crippen molar-refractivity contribution in [1.82, 2.24) is 9.97 Å². The Hall–Kier alpha value is -2.69. The van der Waals surface area contributed by atoms with Crippen LogP contribution in [0.3, 0.4) is 0 Å². The third-order valence-electron chi connectivity index (χ3n) is 3.39. The number of allylic oxidation sites excluding steroid dienone is 3. The summed E-state index contributed by atoms with van der Waals surface area (Å²) >= 11 is 0.